The topological polar surface area (TPSA) is 50.2 Å². The lowest BCUT2D eigenvalue weighted by Gasteiger charge is -2.18. The maximum absolute atomic E-state index is 11.5. The van der Waals surface area contributed by atoms with E-state index in [2.05, 4.69) is 4.98 Å². The van der Waals surface area contributed by atoms with Gasteiger partial charge >= 0.3 is 5.97 Å². The number of carbonyl (C=O) groups is 1. The van der Waals surface area contributed by atoms with Gasteiger partial charge in [0.25, 0.3) is 0 Å². The Labute approximate surface area is 126 Å². The van der Waals surface area contributed by atoms with Crippen LogP contribution < -0.4 is 0 Å². The number of aromatic nitrogens is 1. The van der Waals surface area contributed by atoms with Crippen molar-refractivity contribution in [2.45, 2.75) is 24.5 Å². The summed E-state index contributed by atoms with van der Waals surface area (Å²) >= 11 is 3.24. The third kappa shape index (κ3) is 2.74. The lowest BCUT2D eigenvalue weighted by atomic mass is 10.1. The average molecular weight is 305 g/mol. The summed E-state index contributed by atoms with van der Waals surface area (Å²) in [6.45, 7) is 0. The molecule has 20 heavy (non-hydrogen) atoms. The van der Waals surface area contributed by atoms with Crippen molar-refractivity contribution in [3.05, 3.63) is 40.2 Å². The molecule has 3 nitrogen and oxygen atoms in total. The predicted octanol–water partition coefficient (Wildman–Crippen LogP) is 4.47. The Bertz CT molecular complexity index is 604. The third-order valence-corrected chi connectivity index (χ3v) is 6.03. The number of hydrogen-bond acceptors (Lipinski definition) is 4. The lowest BCUT2D eigenvalue weighted by Crippen LogP contribution is -2.01. The van der Waals surface area contributed by atoms with E-state index >= 15 is 0 Å². The zero-order chi connectivity index (χ0) is 13.9. The summed E-state index contributed by atoms with van der Waals surface area (Å²) in [5.74, 6) is 0.265. The van der Waals surface area contributed by atoms with Crippen molar-refractivity contribution in [1.82, 2.24) is 4.98 Å². The molecule has 0 amide bonds. The largest absolute Gasteiger partial charge is 0.477 e. The van der Waals surface area contributed by atoms with Crippen molar-refractivity contribution in [2.24, 2.45) is 0 Å². The zero-order valence-corrected chi connectivity index (χ0v) is 12.5. The second kappa shape index (κ2) is 5.97. The molecule has 1 aromatic heterocycles. The molecule has 0 aliphatic carbocycles. The predicted molar refractivity (Wildman–Crippen MR) is 83.6 cm³/mol. The van der Waals surface area contributed by atoms with Crippen LogP contribution in [0.15, 0.2) is 30.3 Å². The fourth-order valence-corrected chi connectivity index (χ4v) is 4.82. The molecule has 0 saturated carbocycles. The van der Waals surface area contributed by atoms with Gasteiger partial charge in [-0.3, -0.25) is 0 Å². The number of carboxylic acids is 1. The Balaban J connectivity index is 2.00. The smallest absolute Gasteiger partial charge is 0.348 e. The minimum atomic E-state index is -0.881. The van der Waals surface area contributed by atoms with E-state index in [1.54, 1.807) is 0 Å². The molecule has 2 heterocycles. The van der Waals surface area contributed by atoms with Gasteiger partial charge in [-0.2, -0.15) is 11.8 Å². The molecule has 1 aliphatic heterocycles. The highest BCUT2D eigenvalue weighted by Gasteiger charge is 2.25. The standard InChI is InChI=1S/C15H15NO2S2/c17-15(18)13-12(10-6-2-1-3-7-10)16-14(20-13)11-8-4-5-9-19-11/h1-3,6-7,11H,4-5,8-9H2,(H,17,18). The van der Waals surface area contributed by atoms with Crippen molar-refractivity contribution >= 4 is 29.1 Å². The van der Waals surface area contributed by atoms with Gasteiger partial charge in [-0.1, -0.05) is 36.8 Å². The van der Waals surface area contributed by atoms with Gasteiger partial charge in [-0.15, -0.1) is 11.3 Å². The Morgan fingerprint density at radius 1 is 1.25 bits per heavy atom. The van der Waals surface area contributed by atoms with Gasteiger partial charge in [0.1, 0.15) is 9.88 Å². The molecule has 1 fully saturated rings. The first kappa shape index (κ1) is 13.6. The van der Waals surface area contributed by atoms with Gasteiger partial charge in [0, 0.05) is 5.56 Å². The molecule has 1 atom stereocenters. The molecule has 1 unspecified atom stereocenters. The first-order valence-corrected chi connectivity index (χ1v) is 8.53. The van der Waals surface area contributed by atoms with E-state index < -0.39 is 5.97 Å². The van der Waals surface area contributed by atoms with E-state index in [0.29, 0.717) is 15.8 Å². The van der Waals surface area contributed by atoms with Crippen LogP contribution in [0.1, 0.15) is 39.2 Å². The van der Waals surface area contributed by atoms with Crippen molar-refractivity contribution < 1.29 is 9.90 Å². The second-order valence-electron chi connectivity index (χ2n) is 4.76. The fraction of sp³-hybridized carbons (Fsp3) is 0.333. The summed E-state index contributed by atoms with van der Waals surface area (Å²) in [6, 6.07) is 9.58. The van der Waals surface area contributed by atoms with Gasteiger partial charge in [0.2, 0.25) is 0 Å². The van der Waals surface area contributed by atoms with Crippen LogP contribution in [-0.2, 0) is 0 Å². The molecule has 1 aromatic carbocycles. The molecule has 5 heteroatoms. The van der Waals surface area contributed by atoms with Crippen LogP contribution in [-0.4, -0.2) is 21.8 Å². The molecule has 1 saturated heterocycles. The molecular formula is C15H15NO2S2. The number of nitrogens with zero attached hydrogens (tertiary/aromatic N) is 1. The fourth-order valence-electron chi connectivity index (χ4n) is 2.35. The highest BCUT2D eigenvalue weighted by atomic mass is 32.2. The van der Waals surface area contributed by atoms with Gasteiger partial charge in [0.15, 0.2) is 0 Å². The van der Waals surface area contributed by atoms with Crippen LogP contribution in [0.3, 0.4) is 0 Å². The molecule has 1 aliphatic rings. The molecule has 2 aromatic rings. The van der Waals surface area contributed by atoms with E-state index in [0.717, 1.165) is 22.7 Å². The van der Waals surface area contributed by atoms with Crippen molar-refractivity contribution in [3.8, 4) is 11.3 Å². The van der Waals surface area contributed by atoms with Crippen LogP contribution >= 0.6 is 23.1 Å². The maximum Gasteiger partial charge on any atom is 0.348 e. The first-order valence-electron chi connectivity index (χ1n) is 6.67. The highest BCUT2D eigenvalue weighted by Crippen LogP contribution is 2.42. The molecule has 104 valence electrons. The van der Waals surface area contributed by atoms with Crippen molar-refractivity contribution in [3.63, 3.8) is 0 Å². The normalized spacial score (nSPS) is 18.9. The average Bonchev–Trinajstić information content (AvgIpc) is 2.94. The quantitative estimate of drug-likeness (QED) is 0.909. The van der Waals surface area contributed by atoms with E-state index in [9.17, 15) is 9.90 Å². The summed E-state index contributed by atoms with van der Waals surface area (Å²) in [6.07, 6.45) is 3.57. The van der Waals surface area contributed by atoms with Crippen molar-refractivity contribution in [1.29, 1.82) is 0 Å². The van der Waals surface area contributed by atoms with Gasteiger partial charge < -0.3 is 5.11 Å². The van der Waals surface area contributed by atoms with Crippen LogP contribution in [0, 0.1) is 0 Å². The van der Waals surface area contributed by atoms with Crippen LogP contribution in [0.2, 0.25) is 0 Å². The van der Waals surface area contributed by atoms with E-state index in [1.807, 2.05) is 42.1 Å². The first-order chi connectivity index (χ1) is 9.75. The van der Waals surface area contributed by atoms with Gasteiger partial charge in [-0.25, -0.2) is 9.78 Å². The molecule has 0 spiro atoms. The van der Waals surface area contributed by atoms with E-state index in [-0.39, 0.29) is 0 Å². The zero-order valence-electron chi connectivity index (χ0n) is 10.9. The van der Waals surface area contributed by atoms with Crippen molar-refractivity contribution in [2.75, 3.05) is 5.75 Å². The van der Waals surface area contributed by atoms with E-state index in [1.165, 1.54) is 24.2 Å². The van der Waals surface area contributed by atoms with Crippen LogP contribution in [0.25, 0.3) is 11.3 Å². The van der Waals surface area contributed by atoms with Crippen LogP contribution in [0.5, 0.6) is 0 Å². The third-order valence-electron chi connectivity index (χ3n) is 3.34. The molecule has 3 rings (SSSR count). The summed E-state index contributed by atoms with van der Waals surface area (Å²) in [5, 5.41) is 10.7. The number of rotatable bonds is 3. The monoisotopic (exact) mass is 305 g/mol. The summed E-state index contributed by atoms with van der Waals surface area (Å²) < 4.78 is 0. The number of benzene rings is 1. The minimum absolute atomic E-state index is 0.359. The second-order valence-corrected chi connectivity index (χ2v) is 7.10. The Hall–Kier alpha value is -1.33. The molecule has 0 bridgehead atoms. The SMILES string of the molecule is O=C(O)c1sc(C2CCCCS2)nc1-c1ccccc1. The number of hydrogen-bond donors (Lipinski definition) is 1. The maximum atomic E-state index is 11.5. The Kier molecular flexibility index (Phi) is 4.08. The number of thiazole rings is 1. The molecular weight excluding hydrogens is 290 g/mol. The van der Waals surface area contributed by atoms with Crippen LogP contribution in [0.4, 0.5) is 0 Å². The van der Waals surface area contributed by atoms with Gasteiger partial charge in [-0.05, 0) is 18.6 Å². The lowest BCUT2D eigenvalue weighted by molar-refractivity contribution is 0.0702. The summed E-state index contributed by atoms with van der Waals surface area (Å²) in [5.41, 5.74) is 1.50. The minimum Gasteiger partial charge on any atom is -0.477 e. The molecule has 0 radical (unpaired) electrons. The Morgan fingerprint density at radius 2 is 2.05 bits per heavy atom. The number of carboxylic acid groups (broad SMARTS) is 1. The van der Waals surface area contributed by atoms with Gasteiger partial charge in [0.05, 0.1) is 10.9 Å². The number of aromatic carboxylic acids is 1. The Morgan fingerprint density at radius 3 is 2.70 bits per heavy atom. The summed E-state index contributed by atoms with van der Waals surface area (Å²) in [4.78, 5) is 16.5. The molecule has 1 N–H and O–H groups in total. The van der Waals surface area contributed by atoms with E-state index in [4.69, 9.17) is 0 Å². The number of thioether (sulfide) groups is 1. The highest BCUT2D eigenvalue weighted by molar-refractivity contribution is 7.99. The summed E-state index contributed by atoms with van der Waals surface area (Å²) in [7, 11) is 0.